The van der Waals surface area contributed by atoms with E-state index in [1.165, 1.54) is 11.3 Å². The molecule has 1 aromatic heterocycles. The molecule has 0 N–H and O–H groups in total. The van der Waals surface area contributed by atoms with E-state index in [2.05, 4.69) is 40.0 Å². The number of benzene rings is 1. The number of carbonyl (C=O) groups excluding carboxylic acids is 2. The van der Waals surface area contributed by atoms with Crippen molar-refractivity contribution in [1.82, 2.24) is 19.8 Å². The van der Waals surface area contributed by atoms with Crippen molar-refractivity contribution in [3.63, 3.8) is 0 Å². The van der Waals surface area contributed by atoms with Crippen LogP contribution in [0.1, 0.15) is 5.56 Å². The summed E-state index contributed by atoms with van der Waals surface area (Å²) in [6, 6.07) is 10.1. The van der Waals surface area contributed by atoms with Crippen LogP contribution in [0, 0.1) is 6.92 Å². The summed E-state index contributed by atoms with van der Waals surface area (Å²) in [4.78, 5) is 41.6. The third kappa shape index (κ3) is 4.31. The number of rotatable bonds is 2. The first kappa shape index (κ1) is 19.2. The zero-order valence-corrected chi connectivity index (χ0v) is 16.7. The van der Waals surface area contributed by atoms with Gasteiger partial charge in [-0.2, -0.15) is 0 Å². The quantitative estimate of drug-likeness (QED) is 0.701. The van der Waals surface area contributed by atoms with Crippen LogP contribution in [0.2, 0.25) is 0 Å². The van der Waals surface area contributed by atoms with E-state index < -0.39 is 11.8 Å². The lowest BCUT2D eigenvalue weighted by Gasteiger charge is -2.38. The summed E-state index contributed by atoms with van der Waals surface area (Å²) in [6.45, 7) is 6.95. The summed E-state index contributed by atoms with van der Waals surface area (Å²) in [7, 11) is 0. The second kappa shape index (κ2) is 8.46. The summed E-state index contributed by atoms with van der Waals surface area (Å²) in [5.74, 6) is -0.126. The first-order valence-corrected chi connectivity index (χ1v) is 10.0. The first-order chi connectivity index (χ1) is 14.1. The molecule has 2 saturated heterocycles. The minimum atomic E-state index is -0.400. The van der Waals surface area contributed by atoms with E-state index >= 15 is 0 Å². The lowest BCUT2D eigenvalue weighted by atomic mass is 10.2. The molecule has 0 atom stereocenters. The van der Waals surface area contributed by atoms with Crippen LogP contribution in [0.5, 0.6) is 0 Å². The van der Waals surface area contributed by atoms with Crippen LogP contribution in [0.15, 0.2) is 42.7 Å². The van der Waals surface area contributed by atoms with Gasteiger partial charge in [0.1, 0.15) is 0 Å². The number of hydrogen-bond acceptors (Lipinski definition) is 6. The van der Waals surface area contributed by atoms with Crippen LogP contribution >= 0.6 is 0 Å². The van der Waals surface area contributed by atoms with E-state index in [4.69, 9.17) is 0 Å². The standard InChI is InChI=1S/C21H26N6O2/c1-17-4-2-5-18(16-17)24-8-10-25(11-9-24)19(28)20(29)26-12-14-27(15-13-26)21-22-6-3-7-23-21/h2-7,16H,8-15H2,1H3. The SMILES string of the molecule is Cc1cccc(N2CCN(C(=O)C(=O)N3CCN(c4ncccn4)CC3)CC2)c1. The van der Waals surface area contributed by atoms with Gasteiger partial charge in [0.15, 0.2) is 0 Å². The summed E-state index contributed by atoms with van der Waals surface area (Å²) in [5.41, 5.74) is 2.39. The van der Waals surface area contributed by atoms with Crippen molar-refractivity contribution < 1.29 is 9.59 Å². The van der Waals surface area contributed by atoms with E-state index in [0.29, 0.717) is 45.2 Å². The van der Waals surface area contributed by atoms with Crippen LogP contribution in [-0.4, -0.2) is 83.9 Å². The van der Waals surface area contributed by atoms with Gasteiger partial charge in [0.05, 0.1) is 0 Å². The van der Waals surface area contributed by atoms with Crippen LogP contribution in [0.4, 0.5) is 11.6 Å². The molecule has 29 heavy (non-hydrogen) atoms. The van der Waals surface area contributed by atoms with Crippen LogP contribution in [0.25, 0.3) is 0 Å². The van der Waals surface area contributed by atoms with E-state index in [-0.39, 0.29) is 0 Å². The molecule has 8 heteroatoms. The number of anilines is 2. The second-order valence-electron chi connectivity index (χ2n) is 7.45. The van der Waals surface area contributed by atoms with E-state index in [9.17, 15) is 9.59 Å². The molecule has 8 nitrogen and oxygen atoms in total. The molecule has 1 aromatic carbocycles. The van der Waals surface area contributed by atoms with Crippen molar-refractivity contribution in [2.45, 2.75) is 6.92 Å². The molecule has 4 rings (SSSR count). The average Bonchev–Trinajstić information content (AvgIpc) is 2.79. The third-order valence-corrected chi connectivity index (χ3v) is 5.52. The Bertz CT molecular complexity index is 858. The predicted molar refractivity (Wildman–Crippen MR) is 111 cm³/mol. The number of carbonyl (C=O) groups is 2. The molecular weight excluding hydrogens is 368 g/mol. The van der Waals surface area contributed by atoms with Crippen LogP contribution in [-0.2, 0) is 9.59 Å². The van der Waals surface area contributed by atoms with Gasteiger partial charge in [-0.15, -0.1) is 0 Å². The monoisotopic (exact) mass is 394 g/mol. The Balaban J connectivity index is 1.28. The van der Waals surface area contributed by atoms with E-state index in [1.807, 2.05) is 11.0 Å². The maximum Gasteiger partial charge on any atom is 0.312 e. The highest BCUT2D eigenvalue weighted by Crippen LogP contribution is 2.18. The Morgan fingerprint density at radius 2 is 1.31 bits per heavy atom. The number of aryl methyl sites for hydroxylation is 1. The number of hydrogen-bond donors (Lipinski definition) is 0. The fraction of sp³-hybridized carbons (Fsp3) is 0.429. The predicted octanol–water partition coefficient (Wildman–Crippen LogP) is 0.782. The zero-order valence-electron chi connectivity index (χ0n) is 16.7. The maximum absolute atomic E-state index is 12.7. The molecule has 0 bridgehead atoms. The Hall–Kier alpha value is -3.16. The summed E-state index contributed by atoms with van der Waals surface area (Å²) < 4.78 is 0. The summed E-state index contributed by atoms with van der Waals surface area (Å²) in [6.07, 6.45) is 3.42. The van der Waals surface area contributed by atoms with Gasteiger partial charge >= 0.3 is 11.8 Å². The van der Waals surface area contributed by atoms with Crippen LogP contribution in [0.3, 0.4) is 0 Å². The Kier molecular flexibility index (Phi) is 5.59. The molecule has 2 aliphatic heterocycles. The zero-order chi connectivity index (χ0) is 20.2. The Morgan fingerprint density at radius 1 is 0.759 bits per heavy atom. The van der Waals surface area contributed by atoms with Crippen molar-refractivity contribution >= 4 is 23.5 Å². The van der Waals surface area contributed by atoms with Gasteiger partial charge in [0.25, 0.3) is 0 Å². The molecule has 0 spiro atoms. The normalized spacial score (nSPS) is 17.4. The number of aromatic nitrogens is 2. The topological polar surface area (TPSA) is 72.9 Å². The largest absolute Gasteiger partial charge is 0.368 e. The molecular formula is C21H26N6O2. The minimum absolute atomic E-state index is 0.390. The summed E-state index contributed by atoms with van der Waals surface area (Å²) in [5, 5.41) is 0. The van der Waals surface area contributed by atoms with Crippen molar-refractivity contribution in [2.24, 2.45) is 0 Å². The lowest BCUT2D eigenvalue weighted by molar-refractivity contribution is -0.152. The second-order valence-corrected chi connectivity index (χ2v) is 7.45. The van der Waals surface area contributed by atoms with Gasteiger partial charge < -0.3 is 19.6 Å². The molecule has 2 aromatic rings. The Labute approximate surface area is 170 Å². The van der Waals surface area contributed by atoms with Gasteiger partial charge in [-0.25, -0.2) is 9.97 Å². The van der Waals surface area contributed by atoms with Crippen molar-refractivity contribution in [2.75, 3.05) is 62.2 Å². The molecule has 3 heterocycles. The van der Waals surface area contributed by atoms with Gasteiger partial charge in [-0.05, 0) is 30.7 Å². The van der Waals surface area contributed by atoms with Gasteiger partial charge in [-0.3, -0.25) is 9.59 Å². The molecule has 0 aliphatic carbocycles. The van der Waals surface area contributed by atoms with Crippen molar-refractivity contribution in [3.05, 3.63) is 48.3 Å². The minimum Gasteiger partial charge on any atom is -0.368 e. The van der Waals surface area contributed by atoms with Crippen molar-refractivity contribution in [1.29, 1.82) is 0 Å². The lowest BCUT2D eigenvalue weighted by Crippen LogP contribution is -2.56. The van der Waals surface area contributed by atoms with Crippen molar-refractivity contribution in [3.8, 4) is 0 Å². The van der Waals surface area contributed by atoms with Gasteiger partial charge in [0.2, 0.25) is 5.95 Å². The molecule has 0 unspecified atom stereocenters. The smallest absolute Gasteiger partial charge is 0.312 e. The number of piperazine rings is 2. The molecule has 152 valence electrons. The molecule has 2 amide bonds. The highest BCUT2D eigenvalue weighted by atomic mass is 16.2. The average molecular weight is 394 g/mol. The molecule has 2 fully saturated rings. The number of nitrogens with zero attached hydrogens (tertiary/aromatic N) is 6. The molecule has 0 saturated carbocycles. The fourth-order valence-electron chi connectivity index (χ4n) is 3.83. The highest BCUT2D eigenvalue weighted by Gasteiger charge is 2.31. The molecule has 0 radical (unpaired) electrons. The van der Waals surface area contributed by atoms with Crippen LogP contribution < -0.4 is 9.80 Å². The Morgan fingerprint density at radius 3 is 1.86 bits per heavy atom. The highest BCUT2D eigenvalue weighted by molar-refractivity contribution is 6.35. The van der Waals surface area contributed by atoms with Gasteiger partial charge in [0, 0.05) is 70.4 Å². The maximum atomic E-state index is 12.7. The van der Waals surface area contributed by atoms with E-state index in [1.54, 1.807) is 28.3 Å². The molecule has 2 aliphatic rings. The van der Waals surface area contributed by atoms with Gasteiger partial charge in [-0.1, -0.05) is 12.1 Å². The van der Waals surface area contributed by atoms with E-state index in [0.717, 1.165) is 13.1 Å². The first-order valence-electron chi connectivity index (χ1n) is 10.0. The summed E-state index contributed by atoms with van der Waals surface area (Å²) >= 11 is 0. The third-order valence-electron chi connectivity index (χ3n) is 5.52. The fourth-order valence-corrected chi connectivity index (χ4v) is 3.83. The number of amides is 2.